The maximum Gasteiger partial charge on any atom is 0.259 e. The predicted molar refractivity (Wildman–Crippen MR) is 113 cm³/mol. The van der Waals surface area contributed by atoms with Crippen LogP contribution in [-0.2, 0) is 6.54 Å². The van der Waals surface area contributed by atoms with Gasteiger partial charge in [0.05, 0.1) is 21.7 Å². The number of nitrogens with one attached hydrogen (secondary N) is 1. The van der Waals surface area contributed by atoms with Crippen LogP contribution in [-0.4, -0.2) is 28.0 Å². The molecular formula is C20H13BrCl2N2O3. The number of nitrogens with zero attached hydrogens (tertiary/aromatic N) is 1. The molecule has 0 spiro atoms. The molecule has 1 aliphatic rings. The van der Waals surface area contributed by atoms with Crippen LogP contribution in [0.25, 0.3) is 22.0 Å². The lowest BCUT2D eigenvalue weighted by molar-refractivity contribution is 0.0880. The number of hydrogen-bond donors (Lipinski definition) is 1. The average Bonchev–Trinajstić information content (AvgIpc) is 3.13. The second-order valence-corrected chi connectivity index (χ2v) is 7.92. The van der Waals surface area contributed by atoms with E-state index in [1.165, 1.54) is 0 Å². The monoisotopic (exact) mass is 478 g/mol. The Bertz CT molecular complexity index is 1170. The molecule has 0 saturated carbocycles. The van der Waals surface area contributed by atoms with Gasteiger partial charge in [0.1, 0.15) is 5.69 Å². The maximum absolute atomic E-state index is 12.6. The van der Waals surface area contributed by atoms with Crippen LogP contribution in [0.5, 0.6) is 0 Å². The molecule has 2 amide bonds. The molecular weight excluding hydrogens is 467 g/mol. The van der Waals surface area contributed by atoms with Crippen LogP contribution >= 0.6 is 39.1 Å². The van der Waals surface area contributed by atoms with Crippen LogP contribution in [0.1, 0.15) is 37.6 Å². The van der Waals surface area contributed by atoms with Gasteiger partial charge in [-0.1, -0.05) is 57.3 Å². The number of benzene rings is 2. The number of hydrogen-bond acceptors (Lipinski definition) is 3. The summed E-state index contributed by atoms with van der Waals surface area (Å²) in [6.45, 7) is 0.527. The molecule has 0 unspecified atom stereocenters. The van der Waals surface area contributed by atoms with Crippen LogP contribution in [0.15, 0.2) is 30.3 Å². The summed E-state index contributed by atoms with van der Waals surface area (Å²) in [5, 5.41) is 4.11. The van der Waals surface area contributed by atoms with Gasteiger partial charge in [0.2, 0.25) is 0 Å². The minimum Gasteiger partial charge on any atom is -0.337 e. The van der Waals surface area contributed by atoms with Crippen LogP contribution in [0.3, 0.4) is 0 Å². The quantitative estimate of drug-likeness (QED) is 0.314. The Hall–Kier alpha value is -2.15. The van der Waals surface area contributed by atoms with Crippen molar-refractivity contribution >= 4 is 68.1 Å². The Balaban J connectivity index is 2.16. The first-order valence-corrected chi connectivity index (χ1v) is 10.4. The Morgan fingerprint density at radius 1 is 1.07 bits per heavy atom. The van der Waals surface area contributed by atoms with E-state index in [1.54, 1.807) is 34.9 Å². The number of carbonyl (C=O) groups excluding carboxylic acids is 3. The third-order valence-corrected chi connectivity index (χ3v) is 6.08. The molecule has 0 saturated heterocycles. The molecule has 5 nitrogen and oxygen atoms in total. The van der Waals surface area contributed by atoms with Crippen molar-refractivity contribution in [2.75, 3.05) is 5.33 Å². The van der Waals surface area contributed by atoms with Crippen molar-refractivity contribution in [2.45, 2.75) is 13.0 Å². The number of amides is 2. The highest BCUT2D eigenvalue weighted by molar-refractivity contribution is 9.09. The summed E-state index contributed by atoms with van der Waals surface area (Å²) < 4.78 is 1.78. The SMILES string of the molecule is O=Cc1c(Cl)c2c3c(c(-c4ccccc4Cl)cc2n1CCCBr)C(=O)NC3=O. The number of alkyl halides is 1. The Kier molecular flexibility index (Phi) is 5.04. The van der Waals surface area contributed by atoms with Gasteiger partial charge in [-0.2, -0.15) is 0 Å². The van der Waals surface area contributed by atoms with Crippen molar-refractivity contribution in [2.24, 2.45) is 0 Å². The number of aryl methyl sites for hydroxylation is 1. The van der Waals surface area contributed by atoms with Gasteiger partial charge in [-0.05, 0) is 24.1 Å². The highest BCUT2D eigenvalue weighted by Gasteiger charge is 2.35. The second kappa shape index (κ2) is 7.35. The maximum atomic E-state index is 12.6. The minimum atomic E-state index is -0.532. The van der Waals surface area contributed by atoms with Crippen molar-refractivity contribution in [3.05, 3.63) is 57.2 Å². The molecule has 1 aliphatic heterocycles. The highest BCUT2D eigenvalue weighted by atomic mass is 79.9. The molecule has 2 aromatic carbocycles. The lowest BCUT2D eigenvalue weighted by Gasteiger charge is -2.12. The summed E-state index contributed by atoms with van der Waals surface area (Å²) in [4.78, 5) is 36.9. The van der Waals surface area contributed by atoms with E-state index in [0.29, 0.717) is 39.9 Å². The number of fused-ring (bicyclic) bond motifs is 3. The summed E-state index contributed by atoms with van der Waals surface area (Å²) in [6.07, 6.45) is 1.43. The summed E-state index contributed by atoms with van der Waals surface area (Å²) in [6, 6.07) is 8.88. The first kappa shape index (κ1) is 19.2. The van der Waals surface area contributed by atoms with Crippen molar-refractivity contribution in [1.29, 1.82) is 0 Å². The number of aromatic nitrogens is 1. The van der Waals surface area contributed by atoms with Gasteiger partial charge in [0.25, 0.3) is 11.8 Å². The van der Waals surface area contributed by atoms with Crippen molar-refractivity contribution < 1.29 is 14.4 Å². The van der Waals surface area contributed by atoms with Gasteiger partial charge < -0.3 is 4.57 Å². The van der Waals surface area contributed by atoms with Crippen molar-refractivity contribution in [3.63, 3.8) is 0 Å². The number of rotatable bonds is 5. The largest absolute Gasteiger partial charge is 0.337 e. The molecule has 28 heavy (non-hydrogen) atoms. The standard InChI is InChI=1S/C20H13BrCl2N2O3/c21-6-3-7-25-13-8-11(10-4-1-2-5-12(10)22)15-17(20(28)24-19(15)27)16(13)18(23)14(25)9-26/h1-2,4-5,8-9H,3,6-7H2,(H,24,27,28). The lowest BCUT2D eigenvalue weighted by Crippen LogP contribution is -2.20. The number of carbonyl (C=O) groups is 3. The molecule has 0 radical (unpaired) electrons. The minimum absolute atomic E-state index is 0.173. The van der Waals surface area contributed by atoms with E-state index in [2.05, 4.69) is 21.2 Å². The van der Waals surface area contributed by atoms with Gasteiger partial charge in [-0.15, -0.1) is 0 Å². The zero-order valence-corrected chi connectivity index (χ0v) is 17.5. The normalized spacial score (nSPS) is 13.1. The number of aldehydes is 1. The fourth-order valence-electron chi connectivity index (χ4n) is 3.64. The van der Waals surface area contributed by atoms with Gasteiger partial charge in [0, 0.05) is 27.8 Å². The molecule has 2 heterocycles. The first-order valence-electron chi connectivity index (χ1n) is 8.50. The molecule has 0 atom stereocenters. The van der Waals surface area contributed by atoms with Gasteiger partial charge in [0.15, 0.2) is 6.29 Å². The predicted octanol–water partition coefficient (Wildman–Crippen LogP) is 5.10. The molecule has 1 N–H and O–H groups in total. The number of imide groups is 1. The van der Waals surface area contributed by atoms with Crippen LogP contribution in [0, 0.1) is 0 Å². The zero-order valence-electron chi connectivity index (χ0n) is 14.4. The van der Waals surface area contributed by atoms with Crippen LogP contribution < -0.4 is 5.32 Å². The number of halogens is 3. The third kappa shape index (κ3) is 2.79. The summed E-state index contributed by atoms with van der Waals surface area (Å²) in [5.41, 5.74) is 2.47. The van der Waals surface area contributed by atoms with E-state index < -0.39 is 11.8 Å². The fourth-order valence-corrected chi connectivity index (χ4v) is 4.46. The molecule has 8 heteroatoms. The Morgan fingerprint density at radius 2 is 1.79 bits per heavy atom. The van der Waals surface area contributed by atoms with Crippen molar-refractivity contribution in [3.8, 4) is 11.1 Å². The third-order valence-electron chi connectivity index (χ3n) is 4.80. The second-order valence-electron chi connectivity index (χ2n) is 6.34. The molecule has 4 rings (SSSR count). The van der Waals surface area contributed by atoms with E-state index in [1.807, 2.05) is 0 Å². The van der Waals surface area contributed by atoms with Crippen LogP contribution in [0.2, 0.25) is 10.0 Å². The summed E-state index contributed by atoms with van der Waals surface area (Å²) in [5.74, 6) is -1.04. The highest BCUT2D eigenvalue weighted by Crippen LogP contribution is 2.42. The topological polar surface area (TPSA) is 68.2 Å². The average molecular weight is 480 g/mol. The van der Waals surface area contributed by atoms with Gasteiger partial charge in [-0.3, -0.25) is 19.7 Å². The van der Waals surface area contributed by atoms with E-state index in [0.717, 1.165) is 11.8 Å². The van der Waals surface area contributed by atoms with E-state index in [4.69, 9.17) is 23.2 Å². The van der Waals surface area contributed by atoms with Crippen molar-refractivity contribution in [1.82, 2.24) is 9.88 Å². The molecule has 3 aromatic rings. The molecule has 1 aromatic heterocycles. The summed E-state index contributed by atoms with van der Waals surface area (Å²) in [7, 11) is 0. The van der Waals surface area contributed by atoms with Gasteiger partial charge in [-0.25, -0.2) is 0 Å². The molecule has 0 aliphatic carbocycles. The Labute approximate surface area is 178 Å². The smallest absolute Gasteiger partial charge is 0.259 e. The molecule has 142 valence electrons. The molecule has 0 fully saturated rings. The van der Waals surface area contributed by atoms with E-state index in [9.17, 15) is 14.4 Å². The first-order chi connectivity index (χ1) is 13.5. The van der Waals surface area contributed by atoms with E-state index >= 15 is 0 Å². The van der Waals surface area contributed by atoms with Crippen LogP contribution in [0.4, 0.5) is 0 Å². The van der Waals surface area contributed by atoms with E-state index in [-0.39, 0.29) is 21.8 Å². The summed E-state index contributed by atoms with van der Waals surface area (Å²) >= 11 is 16.2. The fraction of sp³-hybridized carbons (Fsp3) is 0.150. The zero-order chi connectivity index (χ0) is 20.0. The van der Waals surface area contributed by atoms with Gasteiger partial charge >= 0.3 is 0 Å². The Morgan fingerprint density at radius 3 is 2.46 bits per heavy atom. The lowest BCUT2D eigenvalue weighted by atomic mass is 9.94. The molecule has 0 bridgehead atoms.